The molecule has 0 amide bonds. The van der Waals surface area contributed by atoms with Crippen molar-refractivity contribution in [2.45, 2.75) is 89.4 Å². The van der Waals surface area contributed by atoms with Crippen LogP contribution >= 0.6 is 0 Å². The van der Waals surface area contributed by atoms with Gasteiger partial charge in [-0.3, -0.25) is 20.0 Å². The van der Waals surface area contributed by atoms with Gasteiger partial charge in [-0.15, -0.1) is 0 Å². The fourth-order valence-corrected chi connectivity index (χ4v) is 5.65. The largest absolute Gasteiger partial charge is 0.507 e. The maximum absolute atomic E-state index is 11.0. The van der Waals surface area contributed by atoms with Gasteiger partial charge in [0.15, 0.2) is 0 Å². The number of hydrogen-bond donors (Lipinski definition) is 2. The predicted molar refractivity (Wildman–Crippen MR) is 148 cm³/mol. The van der Waals surface area contributed by atoms with Crippen LogP contribution in [0.25, 0.3) is 0 Å². The summed E-state index contributed by atoms with van der Waals surface area (Å²) in [5.41, 5.74) is 4.97. The van der Waals surface area contributed by atoms with Gasteiger partial charge < -0.3 is 10.2 Å². The van der Waals surface area contributed by atoms with Crippen molar-refractivity contribution in [1.82, 2.24) is 0 Å². The standard InChI is InChI=1S/C30H36N4O2.2Co/c1-19-11-21-15-31-25-7-3-5-9-27(25)33-17-23-13-20(2)14-24(30(23)36)18-34-28-10-6-4-8-26(28)32-16-22(12-19)29(21)35;;/h11-18,25-28,35-36H,3-10H2,1-2H3;;. The van der Waals surface area contributed by atoms with Crippen molar-refractivity contribution in [3.05, 3.63) is 57.6 Å². The van der Waals surface area contributed by atoms with Gasteiger partial charge in [0.05, 0.1) is 24.2 Å². The Bertz CT molecular complexity index is 1060. The molecule has 2 aromatic carbocycles. The Kier molecular flexibility index (Phi) is 10.9. The number of fused-ring (bicyclic) bond motifs is 6. The van der Waals surface area contributed by atoms with E-state index >= 15 is 0 Å². The van der Waals surface area contributed by atoms with Crippen LogP contribution in [-0.4, -0.2) is 59.2 Å². The first kappa shape index (κ1) is 30.3. The van der Waals surface area contributed by atoms with E-state index in [-0.39, 0.29) is 69.2 Å². The Morgan fingerprint density at radius 3 is 0.974 bits per heavy atom. The summed E-state index contributed by atoms with van der Waals surface area (Å²) in [6.45, 7) is 4.06. The maximum atomic E-state index is 11.0. The van der Waals surface area contributed by atoms with Crippen molar-refractivity contribution in [2.24, 2.45) is 20.0 Å². The maximum Gasteiger partial charge on any atom is 0.133 e. The molecule has 1 heterocycles. The van der Waals surface area contributed by atoms with Crippen LogP contribution in [0.1, 0.15) is 84.7 Å². The zero-order valence-corrected chi connectivity index (χ0v) is 24.0. The van der Waals surface area contributed by atoms with Gasteiger partial charge in [-0.2, -0.15) is 0 Å². The molecule has 0 aromatic heterocycles. The summed E-state index contributed by atoms with van der Waals surface area (Å²) in [4.78, 5) is 19.6. The van der Waals surface area contributed by atoms with Crippen molar-refractivity contribution < 1.29 is 43.8 Å². The zero-order chi connectivity index (χ0) is 25.1. The third-order valence-electron chi connectivity index (χ3n) is 7.63. The number of rotatable bonds is 0. The molecular weight excluding hydrogens is 566 g/mol. The number of nitrogens with zero attached hydrogens (tertiary/aromatic N) is 4. The summed E-state index contributed by atoms with van der Waals surface area (Å²) >= 11 is 0. The van der Waals surface area contributed by atoms with Gasteiger partial charge in [-0.05, 0) is 74.9 Å². The van der Waals surface area contributed by atoms with E-state index in [0.29, 0.717) is 22.3 Å². The van der Waals surface area contributed by atoms with Crippen LogP contribution in [-0.2, 0) is 33.6 Å². The molecule has 2 aliphatic carbocycles. The van der Waals surface area contributed by atoms with Crippen molar-refractivity contribution in [1.29, 1.82) is 0 Å². The molecule has 4 bridgehead atoms. The minimum Gasteiger partial charge on any atom is -0.507 e. The van der Waals surface area contributed by atoms with E-state index in [2.05, 4.69) is 0 Å². The van der Waals surface area contributed by atoms with Crippen LogP contribution in [0.15, 0.2) is 44.2 Å². The minimum absolute atomic E-state index is 0. The van der Waals surface area contributed by atoms with Gasteiger partial charge in [-0.25, -0.2) is 0 Å². The molecule has 8 heteroatoms. The van der Waals surface area contributed by atoms with E-state index in [1.54, 1.807) is 24.9 Å². The average molecular weight is 603 g/mol. The third kappa shape index (κ3) is 7.02. The summed E-state index contributed by atoms with van der Waals surface area (Å²) < 4.78 is 0. The Labute approximate surface area is 246 Å². The van der Waals surface area contributed by atoms with Gasteiger partial charge in [0.25, 0.3) is 0 Å². The first-order valence-electron chi connectivity index (χ1n) is 13.3. The molecule has 2 aromatic rings. The summed E-state index contributed by atoms with van der Waals surface area (Å²) in [7, 11) is 0. The average Bonchev–Trinajstić information content (AvgIpc) is 2.88. The molecule has 2 N–H and O–H groups in total. The van der Waals surface area contributed by atoms with Gasteiger partial charge in [0.2, 0.25) is 0 Å². The molecule has 6 nitrogen and oxygen atoms in total. The van der Waals surface area contributed by atoms with E-state index in [1.807, 2.05) is 38.1 Å². The number of benzene rings is 2. The Balaban J connectivity index is 0.00000200. The third-order valence-corrected chi connectivity index (χ3v) is 7.63. The quantitative estimate of drug-likeness (QED) is 0.404. The molecule has 0 spiro atoms. The molecule has 4 unspecified atom stereocenters. The van der Waals surface area contributed by atoms with Crippen LogP contribution < -0.4 is 0 Å². The second-order valence-electron chi connectivity index (χ2n) is 10.5. The van der Waals surface area contributed by atoms with Crippen molar-refractivity contribution >= 4 is 24.9 Å². The monoisotopic (exact) mass is 602 g/mol. The topological polar surface area (TPSA) is 89.9 Å². The number of aliphatic imine (C=N–C) groups is 4. The molecule has 206 valence electrons. The van der Waals surface area contributed by atoms with Gasteiger partial charge in [-0.1, -0.05) is 25.7 Å². The molecule has 4 atom stereocenters. The molecule has 1 aliphatic heterocycles. The summed E-state index contributed by atoms with van der Waals surface area (Å²) in [5.74, 6) is 0.438. The van der Waals surface area contributed by atoms with Crippen molar-refractivity contribution in [2.75, 3.05) is 0 Å². The SMILES string of the molecule is Cc1cc2c(O)c(c1)C=NC1CCCCC1N=Cc1cc(C)cc(c1O)C=NC1CCCCC1N=C2.[Co].[Co]. The van der Waals surface area contributed by atoms with Gasteiger partial charge >= 0.3 is 0 Å². The number of phenols is 2. The van der Waals surface area contributed by atoms with Crippen LogP contribution in [0, 0.1) is 13.8 Å². The first-order valence-corrected chi connectivity index (χ1v) is 13.3. The number of hydrogen-bond acceptors (Lipinski definition) is 6. The zero-order valence-electron chi connectivity index (χ0n) is 21.9. The molecule has 38 heavy (non-hydrogen) atoms. The summed E-state index contributed by atoms with van der Waals surface area (Å²) in [6, 6.07) is 8.05. The van der Waals surface area contributed by atoms with E-state index in [0.717, 1.165) is 62.5 Å². The van der Waals surface area contributed by atoms with Gasteiger partial charge in [0.1, 0.15) is 11.5 Å². The van der Waals surface area contributed by atoms with Crippen molar-refractivity contribution in [3.63, 3.8) is 0 Å². The molecule has 2 radical (unpaired) electrons. The Hall–Kier alpha value is -2.27. The second kappa shape index (κ2) is 13.7. The molecule has 3 aliphatic rings. The Morgan fingerprint density at radius 1 is 0.500 bits per heavy atom. The number of aryl methyl sites for hydroxylation is 2. The van der Waals surface area contributed by atoms with Crippen LogP contribution in [0.4, 0.5) is 0 Å². The van der Waals surface area contributed by atoms with E-state index in [9.17, 15) is 10.2 Å². The molecule has 2 fully saturated rings. The van der Waals surface area contributed by atoms with Crippen LogP contribution in [0.2, 0.25) is 0 Å². The van der Waals surface area contributed by atoms with E-state index in [1.165, 1.54) is 0 Å². The van der Waals surface area contributed by atoms with E-state index in [4.69, 9.17) is 20.0 Å². The first-order chi connectivity index (χ1) is 17.5. The number of phenolic OH excluding ortho intramolecular Hbond substituents is 2. The molecular formula is C30H36Co2N4O2. The summed E-state index contributed by atoms with van der Waals surface area (Å²) in [5, 5.41) is 22.1. The molecule has 0 saturated heterocycles. The van der Waals surface area contributed by atoms with Gasteiger partial charge in [0, 0.05) is 80.7 Å². The fourth-order valence-electron chi connectivity index (χ4n) is 5.65. The predicted octanol–water partition coefficient (Wildman–Crippen LogP) is 5.72. The number of aromatic hydroxyl groups is 2. The molecule has 2 saturated carbocycles. The molecule has 5 rings (SSSR count). The fraction of sp³-hybridized carbons (Fsp3) is 0.467. The smallest absolute Gasteiger partial charge is 0.133 e. The summed E-state index contributed by atoms with van der Waals surface area (Å²) in [6.07, 6.45) is 15.5. The van der Waals surface area contributed by atoms with Crippen molar-refractivity contribution in [3.8, 4) is 11.5 Å². The second-order valence-corrected chi connectivity index (χ2v) is 10.5. The van der Waals surface area contributed by atoms with E-state index < -0.39 is 0 Å². The van der Waals surface area contributed by atoms with Crippen LogP contribution in [0.3, 0.4) is 0 Å². The Morgan fingerprint density at radius 2 is 0.737 bits per heavy atom. The normalized spacial score (nSPS) is 24.7. The van der Waals surface area contributed by atoms with Crippen LogP contribution in [0.5, 0.6) is 11.5 Å². The minimum atomic E-state index is 0.